The fraction of sp³-hybridized carbons (Fsp3) is 0.960. The molecule has 1 saturated heterocycles. The average molecular weight is 483 g/mol. The smallest absolute Gasteiger partial charge is 0.147 e. The van der Waals surface area contributed by atoms with E-state index in [2.05, 4.69) is 34.7 Å². The van der Waals surface area contributed by atoms with E-state index < -0.39 is 0 Å². The van der Waals surface area contributed by atoms with E-state index in [0.717, 1.165) is 63.3 Å². The van der Waals surface area contributed by atoms with Crippen LogP contribution in [0.5, 0.6) is 0 Å². The minimum absolute atomic E-state index is 0.181. The SMILES string of the molecule is C[C@]12CC[C@H]3[C@@H](CCC4CC(O)C(N5CCOCC5)C[C@@]43C)[C@@H]1CC[C@@H]2C(=O)CBr. The number of carbonyl (C=O) groups excluding carboxylic acids is 1. The van der Waals surface area contributed by atoms with Gasteiger partial charge in [-0.3, -0.25) is 9.69 Å². The van der Waals surface area contributed by atoms with Crippen molar-refractivity contribution in [3.8, 4) is 0 Å². The molecular formula is C25H40BrNO3. The number of carbonyl (C=O) groups is 1. The molecule has 30 heavy (non-hydrogen) atoms. The Hall–Kier alpha value is 0.0300. The van der Waals surface area contributed by atoms with Gasteiger partial charge in [-0.05, 0) is 85.9 Å². The van der Waals surface area contributed by atoms with E-state index in [4.69, 9.17) is 4.74 Å². The number of morpholine rings is 1. The number of nitrogens with zero attached hydrogens (tertiary/aromatic N) is 1. The minimum atomic E-state index is -0.181. The molecule has 5 fully saturated rings. The highest BCUT2D eigenvalue weighted by atomic mass is 79.9. The fourth-order valence-electron chi connectivity index (χ4n) is 9.18. The molecule has 170 valence electrons. The first-order valence-corrected chi connectivity index (χ1v) is 13.6. The van der Waals surface area contributed by atoms with Crippen LogP contribution in [0.1, 0.15) is 65.2 Å². The predicted molar refractivity (Wildman–Crippen MR) is 122 cm³/mol. The predicted octanol–water partition coefficient (Wildman–Crippen LogP) is 4.28. The number of rotatable bonds is 3. The third-order valence-electron chi connectivity index (χ3n) is 10.7. The molecule has 5 rings (SSSR count). The van der Waals surface area contributed by atoms with E-state index in [-0.39, 0.29) is 17.4 Å². The first-order chi connectivity index (χ1) is 14.4. The lowest BCUT2D eigenvalue weighted by atomic mass is 9.44. The zero-order valence-electron chi connectivity index (χ0n) is 18.8. The Balaban J connectivity index is 1.39. The van der Waals surface area contributed by atoms with Gasteiger partial charge < -0.3 is 9.84 Å². The summed E-state index contributed by atoms with van der Waals surface area (Å²) in [6.07, 6.45) is 9.38. The van der Waals surface area contributed by atoms with Gasteiger partial charge in [0.2, 0.25) is 0 Å². The van der Waals surface area contributed by atoms with Gasteiger partial charge in [0, 0.05) is 25.0 Å². The summed E-state index contributed by atoms with van der Waals surface area (Å²) < 4.78 is 5.59. The van der Waals surface area contributed by atoms with Gasteiger partial charge in [0.05, 0.1) is 24.6 Å². The Morgan fingerprint density at radius 2 is 1.80 bits per heavy atom. The van der Waals surface area contributed by atoms with E-state index in [1.165, 1.54) is 32.1 Å². The van der Waals surface area contributed by atoms with Crippen LogP contribution in [0.4, 0.5) is 0 Å². The Morgan fingerprint density at radius 1 is 1.07 bits per heavy atom. The van der Waals surface area contributed by atoms with Crippen molar-refractivity contribution in [3.05, 3.63) is 0 Å². The first-order valence-electron chi connectivity index (χ1n) is 12.5. The molecule has 4 aliphatic carbocycles. The summed E-state index contributed by atoms with van der Waals surface area (Å²) in [5.41, 5.74) is 0.553. The number of ether oxygens (including phenoxy) is 1. The van der Waals surface area contributed by atoms with Crippen LogP contribution in [0.2, 0.25) is 0 Å². The number of alkyl halides is 1. The van der Waals surface area contributed by atoms with Gasteiger partial charge in [0.1, 0.15) is 5.78 Å². The van der Waals surface area contributed by atoms with Gasteiger partial charge >= 0.3 is 0 Å². The van der Waals surface area contributed by atoms with Crippen LogP contribution < -0.4 is 0 Å². The molecule has 1 N–H and O–H groups in total. The zero-order chi connectivity index (χ0) is 21.1. The van der Waals surface area contributed by atoms with Gasteiger partial charge in [0.25, 0.3) is 0 Å². The number of halogens is 1. The lowest BCUT2D eigenvalue weighted by molar-refractivity contribution is -0.156. The number of hydrogen-bond acceptors (Lipinski definition) is 4. The van der Waals surface area contributed by atoms with Crippen molar-refractivity contribution in [1.82, 2.24) is 4.90 Å². The maximum Gasteiger partial charge on any atom is 0.147 e. The van der Waals surface area contributed by atoms with Crippen LogP contribution in [0.15, 0.2) is 0 Å². The van der Waals surface area contributed by atoms with Gasteiger partial charge in [0.15, 0.2) is 0 Å². The van der Waals surface area contributed by atoms with Crippen LogP contribution in [0.3, 0.4) is 0 Å². The fourth-order valence-corrected chi connectivity index (χ4v) is 9.57. The standard InChI is InChI=1S/C25H40BrNO3/c1-24-8-7-19-17(18(24)5-6-20(24)23(29)15-26)4-3-16-13-22(28)21(14-25(16,19)2)27-9-11-30-12-10-27/h16-22,28H,3-15H2,1-2H3/t16?,17-,18-,19-,20+,21?,22?,24-,25-/m0/s1. The summed E-state index contributed by atoms with van der Waals surface area (Å²) >= 11 is 3.45. The van der Waals surface area contributed by atoms with Gasteiger partial charge in [-0.1, -0.05) is 29.8 Å². The second kappa shape index (κ2) is 8.11. The molecule has 5 aliphatic rings. The number of fused-ring (bicyclic) bond motifs is 5. The Bertz CT molecular complexity index is 667. The second-order valence-corrected chi connectivity index (χ2v) is 12.2. The number of Topliss-reactive ketones (excluding diaryl/α,β-unsaturated/α-hetero) is 1. The number of aliphatic hydroxyl groups is 1. The van der Waals surface area contributed by atoms with Crippen molar-refractivity contribution in [3.63, 3.8) is 0 Å². The molecule has 0 amide bonds. The molecule has 1 aliphatic heterocycles. The third-order valence-corrected chi connectivity index (χ3v) is 11.3. The molecule has 0 spiro atoms. The van der Waals surface area contributed by atoms with Crippen molar-refractivity contribution >= 4 is 21.7 Å². The summed E-state index contributed by atoms with van der Waals surface area (Å²) in [7, 11) is 0. The largest absolute Gasteiger partial charge is 0.391 e. The Morgan fingerprint density at radius 3 is 2.53 bits per heavy atom. The highest BCUT2D eigenvalue weighted by Gasteiger charge is 2.62. The normalized spacial score (nSPS) is 51.7. The molecule has 3 unspecified atom stereocenters. The quantitative estimate of drug-likeness (QED) is 0.611. The Kier molecular flexibility index (Phi) is 5.91. The zero-order valence-corrected chi connectivity index (χ0v) is 20.4. The Labute approximate surface area is 190 Å². The van der Waals surface area contributed by atoms with Crippen LogP contribution in [0.25, 0.3) is 0 Å². The highest BCUT2D eigenvalue weighted by Crippen LogP contribution is 2.67. The van der Waals surface area contributed by atoms with Gasteiger partial charge in [-0.25, -0.2) is 0 Å². The van der Waals surface area contributed by atoms with E-state index in [1.54, 1.807) is 0 Å². The van der Waals surface area contributed by atoms with Crippen LogP contribution in [-0.4, -0.2) is 59.6 Å². The van der Waals surface area contributed by atoms with E-state index in [1.807, 2.05) is 0 Å². The molecule has 4 saturated carbocycles. The van der Waals surface area contributed by atoms with Crippen molar-refractivity contribution < 1.29 is 14.6 Å². The summed E-state index contributed by atoms with van der Waals surface area (Å²) in [4.78, 5) is 15.2. The van der Waals surface area contributed by atoms with Crippen molar-refractivity contribution in [2.24, 2.45) is 40.4 Å². The molecule has 0 aromatic heterocycles. The lowest BCUT2D eigenvalue weighted by Gasteiger charge is -2.62. The second-order valence-electron chi connectivity index (χ2n) is 11.7. The van der Waals surface area contributed by atoms with Gasteiger partial charge in [-0.2, -0.15) is 0 Å². The number of aliphatic hydroxyl groups excluding tert-OH is 1. The van der Waals surface area contributed by atoms with Gasteiger partial charge in [-0.15, -0.1) is 0 Å². The van der Waals surface area contributed by atoms with E-state index >= 15 is 0 Å². The molecule has 5 heteroatoms. The topological polar surface area (TPSA) is 49.8 Å². The first kappa shape index (κ1) is 21.9. The van der Waals surface area contributed by atoms with Crippen molar-refractivity contribution in [2.45, 2.75) is 77.4 Å². The number of ketones is 1. The van der Waals surface area contributed by atoms with E-state index in [9.17, 15) is 9.90 Å². The molecule has 0 aromatic rings. The maximum atomic E-state index is 12.7. The summed E-state index contributed by atoms with van der Waals surface area (Å²) in [5, 5.41) is 11.6. The molecule has 9 atom stereocenters. The summed E-state index contributed by atoms with van der Waals surface area (Å²) in [5.74, 6) is 3.63. The molecule has 0 radical (unpaired) electrons. The van der Waals surface area contributed by atoms with Crippen LogP contribution in [0, 0.1) is 40.4 Å². The lowest BCUT2D eigenvalue weighted by Crippen LogP contribution is -2.60. The molecule has 0 bridgehead atoms. The maximum absolute atomic E-state index is 12.7. The van der Waals surface area contributed by atoms with Crippen LogP contribution in [-0.2, 0) is 9.53 Å². The molecule has 0 aromatic carbocycles. The molecule has 4 nitrogen and oxygen atoms in total. The number of hydrogen-bond donors (Lipinski definition) is 1. The minimum Gasteiger partial charge on any atom is -0.391 e. The molecule has 1 heterocycles. The third kappa shape index (κ3) is 3.28. The van der Waals surface area contributed by atoms with E-state index in [0.29, 0.717) is 28.5 Å². The highest BCUT2D eigenvalue weighted by molar-refractivity contribution is 9.09. The van der Waals surface area contributed by atoms with Crippen LogP contribution >= 0.6 is 15.9 Å². The van der Waals surface area contributed by atoms with Crippen molar-refractivity contribution in [2.75, 3.05) is 31.6 Å². The average Bonchev–Trinajstić information content (AvgIpc) is 3.11. The summed E-state index contributed by atoms with van der Waals surface area (Å²) in [6, 6.07) is 0.300. The van der Waals surface area contributed by atoms with Crippen molar-refractivity contribution in [1.29, 1.82) is 0 Å². The monoisotopic (exact) mass is 481 g/mol. The summed E-state index contributed by atoms with van der Waals surface area (Å²) in [6.45, 7) is 8.56. The molecular weight excluding hydrogens is 442 g/mol.